The van der Waals surface area contributed by atoms with Crippen LogP contribution in [-0.2, 0) is 4.79 Å². The van der Waals surface area contributed by atoms with E-state index in [0.717, 1.165) is 43.4 Å². The first-order chi connectivity index (χ1) is 8.99. The minimum absolute atomic E-state index is 0.423. The van der Waals surface area contributed by atoms with Crippen LogP contribution < -0.4 is 4.90 Å². The highest BCUT2D eigenvalue weighted by atomic mass is 16.4. The van der Waals surface area contributed by atoms with Crippen molar-refractivity contribution < 1.29 is 9.90 Å². The summed E-state index contributed by atoms with van der Waals surface area (Å²) in [5, 5.41) is 9.01. The first-order valence-corrected chi connectivity index (χ1v) is 6.51. The van der Waals surface area contributed by atoms with Gasteiger partial charge in [0.25, 0.3) is 0 Å². The summed E-state index contributed by atoms with van der Waals surface area (Å²) in [5.74, 6) is 0.116. The van der Waals surface area contributed by atoms with Gasteiger partial charge in [-0.1, -0.05) is 0 Å². The van der Waals surface area contributed by atoms with Crippen LogP contribution in [0.15, 0.2) is 6.20 Å². The van der Waals surface area contributed by atoms with Gasteiger partial charge in [0.15, 0.2) is 0 Å². The summed E-state index contributed by atoms with van der Waals surface area (Å²) >= 11 is 0. The van der Waals surface area contributed by atoms with Gasteiger partial charge in [0.2, 0.25) is 0 Å². The molecule has 19 heavy (non-hydrogen) atoms. The zero-order chi connectivity index (χ0) is 14.0. The van der Waals surface area contributed by atoms with Gasteiger partial charge >= 0.3 is 5.97 Å². The largest absolute Gasteiger partial charge is 0.480 e. The fourth-order valence-electron chi connectivity index (χ4n) is 2.18. The molecule has 1 saturated heterocycles. The third-order valence-corrected chi connectivity index (χ3v) is 3.72. The second-order valence-corrected chi connectivity index (χ2v) is 4.94. The Balaban J connectivity index is 1.99. The van der Waals surface area contributed by atoms with Gasteiger partial charge in [0, 0.05) is 26.2 Å². The van der Waals surface area contributed by atoms with E-state index < -0.39 is 12.0 Å². The second-order valence-electron chi connectivity index (χ2n) is 4.94. The van der Waals surface area contributed by atoms with E-state index in [4.69, 9.17) is 5.11 Å². The minimum Gasteiger partial charge on any atom is -0.480 e. The molecule has 0 amide bonds. The number of carboxylic acids is 1. The molecule has 6 nitrogen and oxygen atoms in total. The zero-order valence-electron chi connectivity index (χ0n) is 11.6. The Bertz CT molecular complexity index is 470. The summed E-state index contributed by atoms with van der Waals surface area (Å²) in [4.78, 5) is 23.9. The molecule has 1 aromatic rings. The van der Waals surface area contributed by atoms with E-state index in [1.807, 2.05) is 18.7 Å². The van der Waals surface area contributed by atoms with Gasteiger partial charge in [-0.05, 0) is 20.8 Å². The average molecular weight is 264 g/mol. The molecule has 2 heterocycles. The Hall–Kier alpha value is -1.69. The third-order valence-electron chi connectivity index (χ3n) is 3.72. The maximum absolute atomic E-state index is 11.0. The quantitative estimate of drug-likeness (QED) is 0.866. The van der Waals surface area contributed by atoms with Crippen LogP contribution >= 0.6 is 0 Å². The normalized spacial score (nSPS) is 18.4. The summed E-state index contributed by atoms with van der Waals surface area (Å²) in [7, 11) is 0. The predicted octanol–water partition coefficient (Wildman–Crippen LogP) is 0.689. The van der Waals surface area contributed by atoms with Gasteiger partial charge in [0.1, 0.15) is 11.9 Å². The van der Waals surface area contributed by atoms with Gasteiger partial charge in [-0.2, -0.15) is 0 Å². The number of anilines is 1. The molecule has 104 valence electrons. The van der Waals surface area contributed by atoms with E-state index in [-0.39, 0.29) is 0 Å². The molecule has 2 rings (SSSR count). The van der Waals surface area contributed by atoms with E-state index >= 15 is 0 Å². The van der Waals surface area contributed by atoms with Gasteiger partial charge in [-0.25, -0.2) is 4.98 Å². The monoisotopic (exact) mass is 264 g/mol. The smallest absolute Gasteiger partial charge is 0.320 e. The summed E-state index contributed by atoms with van der Waals surface area (Å²) in [6.45, 7) is 8.68. The standard InChI is InChI=1S/C13H20N4O2/c1-9-10(2)15-12(8-14-9)17-6-4-16(5-7-17)11(3)13(18)19/h8,11H,4-7H2,1-3H3,(H,18,19). The van der Waals surface area contributed by atoms with Crippen molar-refractivity contribution in [2.75, 3.05) is 31.1 Å². The van der Waals surface area contributed by atoms with Crippen molar-refractivity contribution in [1.82, 2.24) is 14.9 Å². The Morgan fingerprint density at radius 3 is 2.42 bits per heavy atom. The van der Waals surface area contributed by atoms with Crippen LogP contribution in [0, 0.1) is 13.8 Å². The fraction of sp³-hybridized carbons (Fsp3) is 0.615. The topological polar surface area (TPSA) is 69.6 Å². The molecule has 0 spiro atoms. The lowest BCUT2D eigenvalue weighted by molar-refractivity contribution is -0.142. The van der Waals surface area contributed by atoms with Gasteiger partial charge in [-0.3, -0.25) is 14.7 Å². The van der Waals surface area contributed by atoms with Gasteiger partial charge in [-0.15, -0.1) is 0 Å². The maximum atomic E-state index is 11.0. The lowest BCUT2D eigenvalue weighted by Crippen LogP contribution is -2.52. The number of piperazine rings is 1. The molecule has 0 aromatic carbocycles. The van der Waals surface area contributed by atoms with Gasteiger partial charge < -0.3 is 10.0 Å². The molecule has 1 aliphatic heterocycles. The highest BCUT2D eigenvalue weighted by Crippen LogP contribution is 2.15. The molecule has 0 saturated carbocycles. The molecule has 1 atom stereocenters. The van der Waals surface area contributed by atoms with E-state index in [0.29, 0.717) is 0 Å². The molecule has 1 N–H and O–H groups in total. The van der Waals surface area contributed by atoms with Crippen LogP contribution in [0.5, 0.6) is 0 Å². The summed E-state index contributed by atoms with van der Waals surface area (Å²) in [6, 6.07) is -0.423. The Labute approximate surface area is 113 Å². The number of hydrogen-bond acceptors (Lipinski definition) is 5. The lowest BCUT2D eigenvalue weighted by atomic mass is 10.2. The number of aliphatic carboxylic acids is 1. The molecule has 1 aromatic heterocycles. The first kappa shape index (κ1) is 13.7. The third kappa shape index (κ3) is 3.01. The van der Waals surface area contributed by atoms with Crippen molar-refractivity contribution in [1.29, 1.82) is 0 Å². The lowest BCUT2D eigenvalue weighted by Gasteiger charge is -2.37. The van der Waals surface area contributed by atoms with Crippen molar-refractivity contribution in [3.8, 4) is 0 Å². The second kappa shape index (κ2) is 5.52. The molecule has 1 unspecified atom stereocenters. The first-order valence-electron chi connectivity index (χ1n) is 6.51. The van der Waals surface area contributed by atoms with Crippen LogP contribution in [0.2, 0.25) is 0 Å². The zero-order valence-corrected chi connectivity index (χ0v) is 11.6. The highest BCUT2D eigenvalue weighted by molar-refractivity contribution is 5.72. The minimum atomic E-state index is -0.764. The van der Waals surface area contributed by atoms with Crippen LogP contribution in [-0.4, -0.2) is 58.2 Å². The molecular formula is C13H20N4O2. The van der Waals surface area contributed by atoms with Crippen LogP contribution in [0.25, 0.3) is 0 Å². The number of aromatic nitrogens is 2. The van der Waals surface area contributed by atoms with E-state index in [1.165, 1.54) is 0 Å². The number of aryl methyl sites for hydroxylation is 2. The van der Waals surface area contributed by atoms with E-state index in [2.05, 4.69) is 14.9 Å². The number of carbonyl (C=O) groups is 1. The molecule has 0 bridgehead atoms. The number of carboxylic acid groups (broad SMARTS) is 1. The van der Waals surface area contributed by atoms with Crippen LogP contribution in [0.3, 0.4) is 0 Å². The molecule has 1 aliphatic rings. The van der Waals surface area contributed by atoms with E-state index in [9.17, 15) is 4.79 Å². The highest BCUT2D eigenvalue weighted by Gasteiger charge is 2.25. The summed E-state index contributed by atoms with van der Waals surface area (Å²) in [6.07, 6.45) is 1.79. The van der Waals surface area contributed by atoms with Crippen molar-refractivity contribution in [3.63, 3.8) is 0 Å². The Morgan fingerprint density at radius 1 is 1.26 bits per heavy atom. The van der Waals surface area contributed by atoms with Crippen molar-refractivity contribution in [2.24, 2.45) is 0 Å². The SMILES string of the molecule is Cc1ncc(N2CCN(C(C)C(=O)O)CC2)nc1C. The van der Waals surface area contributed by atoms with Crippen molar-refractivity contribution in [2.45, 2.75) is 26.8 Å². The Kier molecular flexibility index (Phi) is 3.99. The summed E-state index contributed by atoms with van der Waals surface area (Å²) in [5.41, 5.74) is 1.89. The van der Waals surface area contributed by atoms with Crippen molar-refractivity contribution in [3.05, 3.63) is 17.6 Å². The molecular weight excluding hydrogens is 244 g/mol. The average Bonchev–Trinajstić information content (AvgIpc) is 2.41. The molecule has 0 radical (unpaired) electrons. The predicted molar refractivity (Wildman–Crippen MR) is 72.4 cm³/mol. The van der Waals surface area contributed by atoms with Crippen LogP contribution in [0.1, 0.15) is 18.3 Å². The molecule has 6 heteroatoms. The molecule has 1 fully saturated rings. The van der Waals surface area contributed by atoms with Gasteiger partial charge in [0.05, 0.1) is 17.6 Å². The van der Waals surface area contributed by atoms with Crippen molar-refractivity contribution >= 4 is 11.8 Å². The number of rotatable bonds is 3. The Morgan fingerprint density at radius 2 is 1.89 bits per heavy atom. The maximum Gasteiger partial charge on any atom is 0.320 e. The van der Waals surface area contributed by atoms with E-state index in [1.54, 1.807) is 13.1 Å². The fourth-order valence-corrected chi connectivity index (χ4v) is 2.18. The number of nitrogens with zero attached hydrogens (tertiary/aromatic N) is 4. The molecule has 0 aliphatic carbocycles. The summed E-state index contributed by atoms with van der Waals surface area (Å²) < 4.78 is 0. The number of hydrogen-bond donors (Lipinski definition) is 1. The van der Waals surface area contributed by atoms with Crippen LogP contribution in [0.4, 0.5) is 5.82 Å².